The molecule has 2 aromatic rings. The van der Waals surface area contributed by atoms with Gasteiger partial charge in [-0.15, -0.1) is 0 Å². The number of methoxy groups -OCH3 is 1. The summed E-state index contributed by atoms with van der Waals surface area (Å²) in [5, 5.41) is 12.6. The van der Waals surface area contributed by atoms with Crippen LogP contribution in [0.1, 0.15) is 11.1 Å². The van der Waals surface area contributed by atoms with Gasteiger partial charge in [-0.05, 0) is 24.3 Å². The fraction of sp³-hybridized carbons (Fsp3) is 0.235. The molecule has 0 bridgehead atoms. The van der Waals surface area contributed by atoms with Crippen molar-refractivity contribution in [3.63, 3.8) is 0 Å². The van der Waals surface area contributed by atoms with Crippen LogP contribution in [0.25, 0.3) is 0 Å². The van der Waals surface area contributed by atoms with Gasteiger partial charge in [-0.3, -0.25) is 0 Å². The molecule has 4 nitrogen and oxygen atoms in total. The highest BCUT2D eigenvalue weighted by Crippen LogP contribution is 2.05. The zero-order valence-corrected chi connectivity index (χ0v) is 11.9. The van der Waals surface area contributed by atoms with E-state index < -0.39 is 6.10 Å². The number of aliphatic hydroxyl groups is 1. The number of hydrogen-bond acceptors (Lipinski definition) is 4. The van der Waals surface area contributed by atoms with Crippen molar-refractivity contribution in [2.75, 3.05) is 25.6 Å². The van der Waals surface area contributed by atoms with Crippen LogP contribution in [0.15, 0.2) is 48.7 Å². The van der Waals surface area contributed by atoms with Gasteiger partial charge in [-0.2, -0.15) is 0 Å². The summed E-state index contributed by atoms with van der Waals surface area (Å²) in [7, 11) is 1.56. The van der Waals surface area contributed by atoms with E-state index in [0.717, 1.165) is 11.1 Å². The topological polar surface area (TPSA) is 54.4 Å². The van der Waals surface area contributed by atoms with E-state index in [0.29, 0.717) is 19.0 Å². The van der Waals surface area contributed by atoms with Crippen LogP contribution in [-0.4, -0.2) is 36.5 Å². The highest BCUT2D eigenvalue weighted by Gasteiger charge is 2.02. The van der Waals surface area contributed by atoms with Crippen molar-refractivity contribution in [3.8, 4) is 11.8 Å². The van der Waals surface area contributed by atoms with Crippen LogP contribution in [-0.2, 0) is 4.74 Å². The Balaban J connectivity index is 1.92. The van der Waals surface area contributed by atoms with Crippen LogP contribution in [0.4, 0.5) is 5.82 Å². The van der Waals surface area contributed by atoms with Crippen LogP contribution in [0, 0.1) is 11.8 Å². The summed E-state index contributed by atoms with van der Waals surface area (Å²) < 4.78 is 4.86. The quantitative estimate of drug-likeness (QED) is 0.822. The second-order valence-corrected chi connectivity index (χ2v) is 4.54. The van der Waals surface area contributed by atoms with Gasteiger partial charge in [-0.25, -0.2) is 4.98 Å². The first-order chi connectivity index (χ1) is 10.3. The predicted octanol–water partition coefficient (Wildman–Crippen LogP) is 1.90. The Morgan fingerprint density at radius 1 is 1.14 bits per heavy atom. The maximum Gasteiger partial charge on any atom is 0.126 e. The minimum Gasteiger partial charge on any atom is -0.389 e. The number of pyridine rings is 1. The first kappa shape index (κ1) is 15.0. The number of nitrogens with one attached hydrogen (secondary N) is 1. The monoisotopic (exact) mass is 282 g/mol. The molecule has 108 valence electrons. The molecule has 0 spiro atoms. The molecule has 2 N–H and O–H groups in total. The average molecular weight is 282 g/mol. The summed E-state index contributed by atoms with van der Waals surface area (Å²) in [4.78, 5) is 4.26. The van der Waals surface area contributed by atoms with Crippen molar-refractivity contribution in [1.82, 2.24) is 4.98 Å². The molecule has 4 heteroatoms. The highest BCUT2D eigenvalue weighted by atomic mass is 16.5. The van der Waals surface area contributed by atoms with Gasteiger partial charge >= 0.3 is 0 Å². The van der Waals surface area contributed by atoms with Crippen molar-refractivity contribution >= 4 is 5.82 Å². The number of aliphatic hydroxyl groups excluding tert-OH is 1. The van der Waals surface area contributed by atoms with Gasteiger partial charge in [0.25, 0.3) is 0 Å². The third-order valence-electron chi connectivity index (χ3n) is 2.77. The fourth-order valence-corrected chi connectivity index (χ4v) is 1.71. The molecule has 0 saturated carbocycles. The Labute approximate surface area is 124 Å². The highest BCUT2D eigenvalue weighted by molar-refractivity contribution is 5.45. The maximum absolute atomic E-state index is 9.54. The van der Waals surface area contributed by atoms with Gasteiger partial charge in [0.2, 0.25) is 0 Å². The summed E-state index contributed by atoms with van der Waals surface area (Å²) in [5.74, 6) is 6.85. The minimum absolute atomic E-state index is 0.299. The molecule has 0 fully saturated rings. The predicted molar refractivity (Wildman–Crippen MR) is 83.0 cm³/mol. The lowest BCUT2D eigenvalue weighted by Gasteiger charge is -2.10. The van der Waals surface area contributed by atoms with E-state index in [1.165, 1.54) is 0 Å². The van der Waals surface area contributed by atoms with E-state index in [-0.39, 0.29) is 0 Å². The number of hydrogen-bond donors (Lipinski definition) is 2. The second-order valence-electron chi connectivity index (χ2n) is 4.54. The van der Waals surface area contributed by atoms with Gasteiger partial charge in [0.05, 0.1) is 12.7 Å². The van der Waals surface area contributed by atoms with Crippen LogP contribution in [0.5, 0.6) is 0 Å². The molecular weight excluding hydrogens is 264 g/mol. The molecule has 0 radical (unpaired) electrons. The molecule has 0 aliphatic carbocycles. The largest absolute Gasteiger partial charge is 0.389 e. The number of benzene rings is 1. The Morgan fingerprint density at radius 3 is 2.57 bits per heavy atom. The fourth-order valence-electron chi connectivity index (χ4n) is 1.71. The third-order valence-corrected chi connectivity index (χ3v) is 2.77. The van der Waals surface area contributed by atoms with Crippen LogP contribution < -0.4 is 5.32 Å². The summed E-state index contributed by atoms with van der Waals surface area (Å²) in [6.07, 6.45) is 1.16. The molecule has 0 unspecified atom stereocenters. The number of nitrogens with zero attached hydrogens (tertiary/aromatic N) is 1. The molecular formula is C17H18N2O2. The number of anilines is 1. The number of aromatic nitrogens is 1. The van der Waals surface area contributed by atoms with E-state index in [9.17, 15) is 5.11 Å². The number of rotatable bonds is 5. The Kier molecular flexibility index (Phi) is 5.77. The summed E-state index contributed by atoms with van der Waals surface area (Å²) in [6.45, 7) is 0.698. The van der Waals surface area contributed by atoms with Gasteiger partial charge < -0.3 is 15.2 Å². The molecule has 0 aliphatic heterocycles. The Morgan fingerprint density at radius 2 is 1.90 bits per heavy atom. The van der Waals surface area contributed by atoms with Gasteiger partial charge in [0, 0.05) is 31.0 Å². The summed E-state index contributed by atoms with van der Waals surface area (Å²) >= 11 is 0. The van der Waals surface area contributed by atoms with Gasteiger partial charge in [0.1, 0.15) is 5.82 Å². The van der Waals surface area contributed by atoms with E-state index in [2.05, 4.69) is 22.1 Å². The molecule has 2 rings (SSSR count). The minimum atomic E-state index is -0.547. The summed E-state index contributed by atoms with van der Waals surface area (Å²) in [5.41, 5.74) is 1.82. The van der Waals surface area contributed by atoms with E-state index >= 15 is 0 Å². The molecule has 1 aromatic heterocycles. The molecule has 1 aromatic carbocycles. The van der Waals surface area contributed by atoms with Crippen molar-refractivity contribution < 1.29 is 9.84 Å². The van der Waals surface area contributed by atoms with Crippen LogP contribution in [0.3, 0.4) is 0 Å². The number of ether oxygens (including phenoxy) is 1. The SMILES string of the molecule is COC[C@@H](O)CNc1ccc(C#Cc2ccccc2)cn1. The average Bonchev–Trinajstić information content (AvgIpc) is 2.53. The zero-order chi connectivity index (χ0) is 14.9. The summed E-state index contributed by atoms with van der Waals surface area (Å²) in [6, 6.07) is 13.6. The van der Waals surface area contributed by atoms with E-state index in [1.807, 2.05) is 42.5 Å². The lowest BCUT2D eigenvalue weighted by atomic mass is 10.2. The van der Waals surface area contributed by atoms with Crippen LogP contribution in [0.2, 0.25) is 0 Å². The van der Waals surface area contributed by atoms with Crippen LogP contribution >= 0.6 is 0 Å². The molecule has 21 heavy (non-hydrogen) atoms. The van der Waals surface area contributed by atoms with Gasteiger partial charge in [-0.1, -0.05) is 30.0 Å². The van der Waals surface area contributed by atoms with E-state index in [1.54, 1.807) is 13.3 Å². The standard InChI is InChI=1S/C17H18N2O2/c1-21-13-16(20)12-19-17-10-9-15(11-18-17)8-7-14-5-3-2-4-6-14/h2-6,9-11,16,20H,12-13H2,1H3,(H,18,19)/t16-/m0/s1. The Hall–Kier alpha value is -2.35. The van der Waals surface area contributed by atoms with Crippen molar-refractivity contribution in [2.45, 2.75) is 6.10 Å². The first-order valence-corrected chi connectivity index (χ1v) is 6.72. The van der Waals surface area contributed by atoms with Crippen molar-refractivity contribution in [3.05, 3.63) is 59.8 Å². The second kappa shape index (κ2) is 8.05. The first-order valence-electron chi connectivity index (χ1n) is 6.72. The van der Waals surface area contributed by atoms with Crippen molar-refractivity contribution in [1.29, 1.82) is 0 Å². The van der Waals surface area contributed by atoms with E-state index in [4.69, 9.17) is 4.74 Å². The molecule has 0 saturated heterocycles. The Bertz CT molecular complexity index is 600. The van der Waals surface area contributed by atoms with Gasteiger partial charge in [0.15, 0.2) is 0 Å². The third kappa shape index (κ3) is 5.27. The lowest BCUT2D eigenvalue weighted by molar-refractivity contribution is 0.0727. The molecule has 0 amide bonds. The van der Waals surface area contributed by atoms with Crippen molar-refractivity contribution in [2.24, 2.45) is 0 Å². The molecule has 0 aliphatic rings. The smallest absolute Gasteiger partial charge is 0.126 e. The normalized spacial score (nSPS) is 11.3. The zero-order valence-electron chi connectivity index (χ0n) is 11.9. The molecule has 1 atom stereocenters. The molecule has 1 heterocycles. The maximum atomic E-state index is 9.54. The lowest BCUT2D eigenvalue weighted by Crippen LogP contribution is -2.24.